The molecule has 4 nitrogen and oxygen atoms in total. The van der Waals surface area contributed by atoms with E-state index in [4.69, 9.17) is 6.42 Å². The summed E-state index contributed by atoms with van der Waals surface area (Å²) in [5, 5.41) is 2.89. The minimum atomic E-state index is -0.415. The Morgan fingerprint density at radius 1 is 1.30 bits per heavy atom. The normalized spacial score (nSPS) is 25.9. The highest BCUT2D eigenvalue weighted by atomic mass is 16.2. The van der Waals surface area contributed by atoms with Gasteiger partial charge in [-0.2, -0.15) is 0 Å². The second-order valence-corrected chi connectivity index (χ2v) is 5.51. The molecule has 0 bridgehead atoms. The van der Waals surface area contributed by atoms with E-state index in [-0.39, 0.29) is 29.8 Å². The van der Waals surface area contributed by atoms with Crippen LogP contribution in [0.25, 0.3) is 0 Å². The third kappa shape index (κ3) is 3.15. The standard InChI is InChI=1S/C16H26N2O2/c1-6-10-12(8-3)18-13(9-4)15(19)17-14(16(18)20)11(5)7-2/h1,11-14H,7-10H2,2-5H3,(H,17,19). The van der Waals surface area contributed by atoms with Crippen molar-refractivity contribution < 1.29 is 9.59 Å². The molecule has 4 heteroatoms. The number of carbonyl (C=O) groups is 2. The van der Waals surface area contributed by atoms with E-state index in [2.05, 4.69) is 11.2 Å². The summed E-state index contributed by atoms with van der Waals surface area (Å²) in [7, 11) is 0. The van der Waals surface area contributed by atoms with E-state index in [0.29, 0.717) is 12.8 Å². The van der Waals surface area contributed by atoms with Crippen molar-refractivity contribution in [1.82, 2.24) is 10.2 Å². The largest absolute Gasteiger partial charge is 0.342 e. The minimum Gasteiger partial charge on any atom is -0.342 e. The Hall–Kier alpha value is -1.50. The Bertz CT molecular complexity index is 400. The Kier molecular flexibility index (Phi) is 6.06. The van der Waals surface area contributed by atoms with E-state index in [1.54, 1.807) is 4.90 Å². The van der Waals surface area contributed by atoms with Gasteiger partial charge in [0.25, 0.3) is 0 Å². The molecule has 4 unspecified atom stereocenters. The molecule has 0 aromatic heterocycles. The molecule has 0 saturated carbocycles. The van der Waals surface area contributed by atoms with Crippen molar-refractivity contribution in [3.63, 3.8) is 0 Å². The minimum absolute atomic E-state index is 0.0212. The molecule has 1 aliphatic rings. The number of amides is 2. The Morgan fingerprint density at radius 3 is 2.40 bits per heavy atom. The highest BCUT2D eigenvalue weighted by molar-refractivity contribution is 5.97. The van der Waals surface area contributed by atoms with Crippen LogP contribution in [-0.2, 0) is 9.59 Å². The zero-order chi connectivity index (χ0) is 15.3. The molecule has 1 rings (SSSR count). The molecule has 0 aliphatic carbocycles. The molecule has 1 aliphatic heterocycles. The number of hydrogen-bond donors (Lipinski definition) is 1. The number of nitrogens with one attached hydrogen (secondary N) is 1. The van der Waals surface area contributed by atoms with Crippen LogP contribution in [-0.4, -0.2) is 34.8 Å². The van der Waals surface area contributed by atoms with Crippen molar-refractivity contribution in [2.45, 2.75) is 71.5 Å². The van der Waals surface area contributed by atoms with Gasteiger partial charge in [0.1, 0.15) is 12.1 Å². The smallest absolute Gasteiger partial charge is 0.246 e. The van der Waals surface area contributed by atoms with Crippen LogP contribution in [0.15, 0.2) is 0 Å². The predicted octanol–water partition coefficient (Wildman–Crippen LogP) is 1.94. The van der Waals surface area contributed by atoms with Crippen molar-refractivity contribution in [3.05, 3.63) is 0 Å². The van der Waals surface area contributed by atoms with Gasteiger partial charge in [-0.1, -0.05) is 34.1 Å². The van der Waals surface area contributed by atoms with Gasteiger partial charge in [0.05, 0.1) is 0 Å². The molecule has 0 spiro atoms. The van der Waals surface area contributed by atoms with Crippen molar-refractivity contribution >= 4 is 11.8 Å². The predicted molar refractivity (Wildman–Crippen MR) is 79.8 cm³/mol. The SMILES string of the molecule is C#CCC(CC)N1C(=O)C(C(C)CC)NC(=O)C1CC. The van der Waals surface area contributed by atoms with Gasteiger partial charge in [0.15, 0.2) is 0 Å². The summed E-state index contributed by atoms with van der Waals surface area (Å²) in [6, 6.07) is -0.849. The number of piperazine rings is 1. The summed E-state index contributed by atoms with van der Waals surface area (Å²) in [6.07, 6.45) is 8.15. The molecule has 1 heterocycles. The first-order valence-corrected chi connectivity index (χ1v) is 7.57. The summed E-state index contributed by atoms with van der Waals surface area (Å²) in [5.41, 5.74) is 0. The highest BCUT2D eigenvalue weighted by Crippen LogP contribution is 2.24. The van der Waals surface area contributed by atoms with Gasteiger partial charge in [-0.3, -0.25) is 9.59 Å². The van der Waals surface area contributed by atoms with E-state index in [0.717, 1.165) is 12.8 Å². The second kappa shape index (κ2) is 7.33. The quantitative estimate of drug-likeness (QED) is 0.755. The van der Waals surface area contributed by atoms with E-state index in [9.17, 15) is 9.59 Å². The molecular weight excluding hydrogens is 252 g/mol. The average molecular weight is 278 g/mol. The van der Waals surface area contributed by atoms with Crippen LogP contribution in [0.4, 0.5) is 0 Å². The average Bonchev–Trinajstić information content (AvgIpc) is 2.45. The van der Waals surface area contributed by atoms with E-state index in [1.807, 2.05) is 27.7 Å². The molecule has 1 fully saturated rings. The fourth-order valence-corrected chi connectivity index (χ4v) is 2.77. The summed E-state index contributed by atoms with van der Waals surface area (Å²) < 4.78 is 0. The molecule has 112 valence electrons. The summed E-state index contributed by atoms with van der Waals surface area (Å²) in [5.74, 6) is 2.74. The van der Waals surface area contributed by atoms with Crippen molar-refractivity contribution in [1.29, 1.82) is 0 Å². The third-order valence-electron chi connectivity index (χ3n) is 4.27. The zero-order valence-corrected chi connectivity index (χ0v) is 13.0. The number of terminal acetylenes is 1. The summed E-state index contributed by atoms with van der Waals surface area (Å²) >= 11 is 0. The maximum atomic E-state index is 12.8. The van der Waals surface area contributed by atoms with E-state index in [1.165, 1.54) is 0 Å². The molecular formula is C16H26N2O2. The Labute approximate surface area is 122 Å². The number of rotatable bonds is 6. The van der Waals surface area contributed by atoms with Gasteiger partial charge in [-0.25, -0.2) is 0 Å². The second-order valence-electron chi connectivity index (χ2n) is 5.51. The Morgan fingerprint density at radius 2 is 1.95 bits per heavy atom. The lowest BCUT2D eigenvalue weighted by Gasteiger charge is -2.44. The van der Waals surface area contributed by atoms with Crippen LogP contribution in [0.2, 0.25) is 0 Å². The fourth-order valence-electron chi connectivity index (χ4n) is 2.77. The molecule has 1 saturated heterocycles. The van der Waals surface area contributed by atoms with Crippen LogP contribution in [0, 0.1) is 18.3 Å². The van der Waals surface area contributed by atoms with E-state index >= 15 is 0 Å². The van der Waals surface area contributed by atoms with Crippen LogP contribution < -0.4 is 5.32 Å². The number of carbonyl (C=O) groups excluding carboxylic acids is 2. The first-order chi connectivity index (χ1) is 9.51. The summed E-state index contributed by atoms with van der Waals surface area (Å²) in [6.45, 7) is 7.96. The molecule has 4 atom stereocenters. The van der Waals surface area contributed by atoms with Crippen molar-refractivity contribution in [2.75, 3.05) is 0 Å². The third-order valence-corrected chi connectivity index (χ3v) is 4.27. The molecule has 20 heavy (non-hydrogen) atoms. The molecule has 0 aromatic carbocycles. The maximum absolute atomic E-state index is 12.8. The van der Waals surface area contributed by atoms with Gasteiger partial charge >= 0.3 is 0 Å². The van der Waals surface area contributed by atoms with Gasteiger partial charge in [0.2, 0.25) is 11.8 Å². The molecule has 2 amide bonds. The lowest BCUT2D eigenvalue weighted by molar-refractivity contribution is -0.153. The van der Waals surface area contributed by atoms with Crippen molar-refractivity contribution in [3.8, 4) is 12.3 Å². The topological polar surface area (TPSA) is 49.4 Å². The van der Waals surface area contributed by atoms with Crippen molar-refractivity contribution in [2.24, 2.45) is 5.92 Å². The fraction of sp³-hybridized carbons (Fsp3) is 0.750. The lowest BCUT2D eigenvalue weighted by Crippen LogP contribution is -2.66. The Balaban J connectivity index is 3.09. The van der Waals surface area contributed by atoms with Crippen LogP contribution >= 0.6 is 0 Å². The van der Waals surface area contributed by atoms with Gasteiger partial charge < -0.3 is 10.2 Å². The van der Waals surface area contributed by atoms with Crippen LogP contribution in [0.1, 0.15) is 53.4 Å². The van der Waals surface area contributed by atoms with Crippen LogP contribution in [0.5, 0.6) is 0 Å². The highest BCUT2D eigenvalue weighted by Gasteiger charge is 2.43. The monoisotopic (exact) mass is 278 g/mol. The first-order valence-electron chi connectivity index (χ1n) is 7.57. The summed E-state index contributed by atoms with van der Waals surface area (Å²) in [4.78, 5) is 26.8. The van der Waals surface area contributed by atoms with Crippen LogP contribution in [0.3, 0.4) is 0 Å². The maximum Gasteiger partial charge on any atom is 0.246 e. The van der Waals surface area contributed by atoms with Gasteiger partial charge in [-0.05, 0) is 18.8 Å². The number of hydrogen-bond acceptors (Lipinski definition) is 2. The molecule has 0 aromatic rings. The first kappa shape index (κ1) is 16.6. The number of nitrogens with zero attached hydrogens (tertiary/aromatic N) is 1. The van der Waals surface area contributed by atoms with Gasteiger partial charge in [0, 0.05) is 12.5 Å². The zero-order valence-electron chi connectivity index (χ0n) is 13.0. The van der Waals surface area contributed by atoms with E-state index < -0.39 is 6.04 Å². The lowest BCUT2D eigenvalue weighted by atomic mass is 9.91. The molecule has 0 radical (unpaired) electrons. The molecule has 1 N–H and O–H groups in total. The van der Waals surface area contributed by atoms with Gasteiger partial charge in [-0.15, -0.1) is 12.3 Å².